The fraction of sp³-hybridized carbons (Fsp3) is 0.795. The molecule has 0 radical (unpaired) electrons. The zero-order valence-electron chi connectivity index (χ0n) is 34.7. The average molecular weight is 751 g/mol. The number of allylic oxidation sites excluding steroid dienone is 6. The maximum absolute atomic E-state index is 12.7. The Morgan fingerprint density at radius 2 is 1.06 bits per heavy atom. The number of carboxylic acid groups (broad SMARTS) is 1. The van der Waals surface area contributed by atoms with Crippen LogP contribution in [0.25, 0.3) is 0 Å². The van der Waals surface area contributed by atoms with Gasteiger partial charge in [0.15, 0.2) is 6.10 Å². The van der Waals surface area contributed by atoms with E-state index >= 15 is 0 Å². The molecule has 9 nitrogen and oxygen atoms in total. The first-order chi connectivity index (χ1) is 25.6. The molecule has 0 spiro atoms. The van der Waals surface area contributed by atoms with Crippen LogP contribution >= 0.6 is 0 Å². The van der Waals surface area contributed by atoms with Crippen molar-refractivity contribution in [3.63, 3.8) is 0 Å². The summed E-state index contributed by atoms with van der Waals surface area (Å²) in [7, 11) is 5.94. The second kappa shape index (κ2) is 36.5. The quantitative estimate of drug-likeness (QED) is 0.0218. The minimum absolute atomic E-state index is 0.184. The van der Waals surface area contributed by atoms with Crippen LogP contribution in [0.3, 0.4) is 0 Å². The number of aliphatic carboxylic acids is 1. The van der Waals surface area contributed by atoms with E-state index in [1.165, 1.54) is 57.8 Å². The van der Waals surface area contributed by atoms with Gasteiger partial charge in [0, 0.05) is 12.8 Å². The van der Waals surface area contributed by atoms with Crippen LogP contribution in [0.2, 0.25) is 0 Å². The molecule has 0 fully saturated rings. The van der Waals surface area contributed by atoms with E-state index in [0.717, 1.165) is 77.0 Å². The van der Waals surface area contributed by atoms with Crippen LogP contribution in [0.4, 0.5) is 0 Å². The van der Waals surface area contributed by atoms with Crippen LogP contribution in [0, 0.1) is 0 Å². The first-order valence-electron chi connectivity index (χ1n) is 21.2. The van der Waals surface area contributed by atoms with E-state index in [4.69, 9.17) is 18.9 Å². The molecule has 0 bridgehead atoms. The van der Waals surface area contributed by atoms with Crippen LogP contribution in [0.5, 0.6) is 0 Å². The molecule has 53 heavy (non-hydrogen) atoms. The molecule has 0 saturated carbocycles. The van der Waals surface area contributed by atoms with Gasteiger partial charge in [-0.2, -0.15) is 0 Å². The average Bonchev–Trinajstić information content (AvgIpc) is 3.11. The molecule has 0 aromatic carbocycles. The van der Waals surface area contributed by atoms with Crippen molar-refractivity contribution in [1.29, 1.82) is 0 Å². The molecule has 0 heterocycles. The van der Waals surface area contributed by atoms with Gasteiger partial charge in [0.2, 0.25) is 0 Å². The monoisotopic (exact) mass is 751 g/mol. The Morgan fingerprint density at radius 3 is 1.58 bits per heavy atom. The number of rotatable bonds is 38. The van der Waals surface area contributed by atoms with Gasteiger partial charge in [-0.05, 0) is 64.2 Å². The molecule has 2 unspecified atom stereocenters. The number of carboxylic acids is 1. The number of ether oxygens (including phenoxy) is 4. The zero-order valence-corrected chi connectivity index (χ0v) is 34.7. The zero-order chi connectivity index (χ0) is 39.3. The van der Waals surface area contributed by atoms with Crippen molar-refractivity contribution in [2.24, 2.45) is 0 Å². The minimum atomic E-state index is -1.51. The number of hydrogen-bond acceptors (Lipinski definition) is 7. The van der Waals surface area contributed by atoms with E-state index < -0.39 is 24.3 Å². The molecule has 0 aliphatic heterocycles. The Bertz CT molecular complexity index is 971. The Kier molecular flexibility index (Phi) is 34.8. The lowest BCUT2D eigenvalue weighted by atomic mass is 10.1. The van der Waals surface area contributed by atoms with Crippen LogP contribution < -0.4 is 0 Å². The van der Waals surface area contributed by atoms with Crippen molar-refractivity contribution in [3.8, 4) is 0 Å². The highest BCUT2D eigenvalue weighted by Gasteiger charge is 2.25. The summed E-state index contributed by atoms with van der Waals surface area (Å²) < 4.78 is 22.6. The van der Waals surface area contributed by atoms with Gasteiger partial charge in [0.25, 0.3) is 6.29 Å². The van der Waals surface area contributed by atoms with Gasteiger partial charge in [-0.15, -0.1) is 0 Å². The first kappa shape index (κ1) is 50.5. The summed E-state index contributed by atoms with van der Waals surface area (Å²) in [6.07, 6.45) is 36.3. The largest absolute Gasteiger partial charge is 0.477 e. The highest BCUT2D eigenvalue weighted by Crippen LogP contribution is 2.13. The Morgan fingerprint density at radius 1 is 0.566 bits per heavy atom. The molecule has 308 valence electrons. The van der Waals surface area contributed by atoms with E-state index in [1.807, 2.05) is 21.1 Å². The summed E-state index contributed by atoms with van der Waals surface area (Å²) in [6, 6.07) is 0. The number of esters is 2. The van der Waals surface area contributed by atoms with Crippen LogP contribution in [0.1, 0.15) is 168 Å². The number of quaternary nitrogens is 1. The SMILES string of the molecule is CCC/C=C\CCCCCCCC(=O)OCC(COC(OCC[N+](C)(C)C)C(=O)O)OC(=O)CCCCCCCCC/C=C\C/C=C\CCCCCC. The van der Waals surface area contributed by atoms with Crippen LogP contribution in [0.15, 0.2) is 36.5 Å². The Balaban J connectivity index is 4.46. The van der Waals surface area contributed by atoms with Crippen molar-refractivity contribution in [1.82, 2.24) is 0 Å². The topological polar surface area (TPSA) is 108 Å². The van der Waals surface area contributed by atoms with Gasteiger partial charge in [0.05, 0.1) is 34.4 Å². The van der Waals surface area contributed by atoms with Crippen molar-refractivity contribution < 1.29 is 42.9 Å². The number of unbranched alkanes of at least 4 members (excludes halogenated alkanes) is 17. The smallest absolute Gasteiger partial charge is 0.361 e. The lowest BCUT2D eigenvalue weighted by Gasteiger charge is -2.25. The third-order valence-electron chi connectivity index (χ3n) is 8.85. The second-order valence-corrected chi connectivity index (χ2v) is 15.3. The van der Waals surface area contributed by atoms with E-state index in [2.05, 4.69) is 50.3 Å². The maximum atomic E-state index is 12.7. The number of hydrogen-bond donors (Lipinski definition) is 1. The molecule has 0 amide bonds. The fourth-order valence-corrected chi connectivity index (χ4v) is 5.51. The number of carbonyl (C=O) groups is 3. The molecule has 0 aromatic rings. The Hall–Kier alpha value is -2.49. The molecule has 1 N–H and O–H groups in total. The van der Waals surface area contributed by atoms with Crippen molar-refractivity contribution in [3.05, 3.63) is 36.5 Å². The molecule has 0 aromatic heterocycles. The lowest BCUT2D eigenvalue weighted by molar-refractivity contribution is -0.870. The molecular formula is C44H80NO8+. The second-order valence-electron chi connectivity index (χ2n) is 15.3. The van der Waals surface area contributed by atoms with E-state index in [1.54, 1.807) is 0 Å². The highest BCUT2D eigenvalue weighted by molar-refractivity contribution is 5.71. The van der Waals surface area contributed by atoms with Gasteiger partial charge < -0.3 is 28.5 Å². The number of likely N-dealkylation sites (N-methyl/N-ethyl adjacent to an activating group) is 1. The van der Waals surface area contributed by atoms with E-state index in [9.17, 15) is 19.5 Å². The lowest BCUT2D eigenvalue weighted by Crippen LogP contribution is -2.40. The van der Waals surface area contributed by atoms with Crippen LogP contribution in [-0.4, -0.2) is 87.4 Å². The molecular weight excluding hydrogens is 670 g/mol. The molecule has 9 heteroatoms. The molecule has 0 saturated heterocycles. The highest BCUT2D eigenvalue weighted by atomic mass is 16.7. The summed E-state index contributed by atoms with van der Waals surface area (Å²) in [6.45, 7) is 4.76. The first-order valence-corrected chi connectivity index (χ1v) is 21.2. The third kappa shape index (κ3) is 37.6. The summed E-state index contributed by atoms with van der Waals surface area (Å²) in [4.78, 5) is 36.9. The standard InChI is InChI=1S/C44H79NO8/c1-6-8-10-12-14-16-18-19-20-21-22-23-24-25-27-29-31-33-35-42(47)53-40(39-52-44(43(48)49)50-37-36-45(3,4)5)38-51-41(46)34-32-30-28-26-17-15-13-11-9-7-2/h11,13,16,18,20-21,40,44H,6-10,12,14-15,17,19,22-39H2,1-5H3/p+1/b13-11-,18-16-,21-20-. The number of nitrogens with zero attached hydrogens (tertiary/aromatic N) is 1. The maximum Gasteiger partial charge on any atom is 0.361 e. The predicted molar refractivity (Wildman–Crippen MR) is 217 cm³/mol. The summed E-state index contributed by atoms with van der Waals surface area (Å²) in [5.74, 6) is -2.03. The number of carbonyl (C=O) groups excluding carboxylic acids is 2. The van der Waals surface area contributed by atoms with Crippen molar-refractivity contribution in [2.75, 3.05) is 47.5 Å². The van der Waals surface area contributed by atoms with Crippen molar-refractivity contribution >= 4 is 17.9 Å². The molecule has 2 atom stereocenters. The van der Waals surface area contributed by atoms with Crippen molar-refractivity contribution in [2.45, 2.75) is 180 Å². The molecule has 0 aliphatic carbocycles. The summed E-state index contributed by atoms with van der Waals surface area (Å²) >= 11 is 0. The van der Waals surface area contributed by atoms with Gasteiger partial charge >= 0.3 is 17.9 Å². The van der Waals surface area contributed by atoms with E-state index in [0.29, 0.717) is 17.4 Å². The van der Waals surface area contributed by atoms with Gasteiger partial charge in [-0.1, -0.05) is 127 Å². The fourth-order valence-electron chi connectivity index (χ4n) is 5.51. The van der Waals surface area contributed by atoms with Crippen LogP contribution in [-0.2, 0) is 33.3 Å². The normalized spacial score (nSPS) is 13.3. The van der Waals surface area contributed by atoms with Gasteiger partial charge in [-0.25, -0.2) is 4.79 Å². The summed E-state index contributed by atoms with van der Waals surface area (Å²) in [5, 5.41) is 9.60. The minimum Gasteiger partial charge on any atom is -0.477 e. The predicted octanol–water partition coefficient (Wildman–Crippen LogP) is 10.7. The molecule has 0 aliphatic rings. The summed E-state index contributed by atoms with van der Waals surface area (Å²) in [5.41, 5.74) is 0. The van der Waals surface area contributed by atoms with E-state index in [-0.39, 0.29) is 38.6 Å². The van der Waals surface area contributed by atoms with Gasteiger partial charge in [-0.3, -0.25) is 9.59 Å². The Labute approximate surface area is 324 Å². The van der Waals surface area contributed by atoms with Gasteiger partial charge in [0.1, 0.15) is 13.2 Å². The molecule has 0 rings (SSSR count). The third-order valence-corrected chi connectivity index (χ3v) is 8.85.